The maximum atomic E-state index is 6.22. The van der Waals surface area contributed by atoms with Crippen LogP contribution in [0.15, 0.2) is 12.4 Å². The topological polar surface area (TPSA) is 99.7 Å². The van der Waals surface area contributed by atoms with E-state index in [4.69, 9.17) is 23.2 Å². The molecule has 5 N–H and O–H groups in total. The second-order valence-electron chi connectivity index (χ2n) is 4.62. The molecule has 0 aromatic carbocycles. The predicted octanol–water partition coefficient (Wildman–Crippen LogP) is 0.986. The molecule has 7 nitrogen and oxygen atoms in total. The normalized spacial score (nSPS) is 13.2. The quantitative estimate of drug-likeness (QED) is 0.574. The lowest BCUT2D eigenvalue weighted by molar-refractivity contribution is 0.477. The molecule has 8 heteroatoms. The molecule has 1 atom stereocenters. The average molecular weight is 284 g/mol. The van der Waals surface area contributed by atoms with Gasteiger partial charge in [-0.2, -0.15) is 10.2 Å². The van der Waals surface area contributed by atoms with Crippen molar-refractivity contribution >= 4 is 17.4 Å². The van der Waals surface area contributed by atoms with Gasteiger partial charge in [-0.25, -0.2) is 5.43 Å². The fourth-order valence-corrected chi connectivity index (χ4v) is 2.27. The van der Waals surface area contributed by atoms with E-state index in [9.17, 15) is 0 Å². The van der Waals surface area contributed by atoms with Gasteiger partial charge in [-0.15, -0.1) is 0 Å². The first-order valence-corrected chi connectivity index (χ1v) is 6.31. The third kappa shape index (κ3) is 2.32. The number of nitrogen functional groups attached to an aromatic ring is 1. The Bertz CT molecular complexity index is 572. The number of hydrazine groups is 1. The fourth-order valence-electron chi connectivity index (χ4n) is 2.03. The van der Waals surface area contributed by atoms with E-state index in [0.717, 1.165) is 11.3 Å². The number of hydrogen-bond acceptors (Lipinski definition) is 5. The maximum Gasteiger partial charge on any atom is 0.126 e. The first-order chi connectivity index (χ1) is 8.97. The summed E-state index contributed by atoms with van der Waals surface area (Å²) in [7, 11) is 1.77. The van der Waals surface area contributed by atoms with Crippen molar-refractivity contribution in [3.63, 3.8) is 0 Å². The van der Waals surface area contributed by atoms with Crippen molar-refractivity contribution < 1.29 is 0 Å². The van der Waals surface area contributed by atoms with Gasteiger partial charge in [0.15, 0.2) is 0 Å². The van der Waals surface area contributed by atoms with E-state index in [1.807, 2.05) is 18.5 Å². The number of halogens is 1. The summed E-state index contributed by atoms with van der Waals surface area (Å²) >= 11 is 6.22. The van der Waals surface area contributed by atoms with E-state index in [-0.39, 0.29) is 12.1 Å². The Morgan fingerprint density at radius 2 is 2.00 bits per heavy atom. The number of anilines is 1. The molecule has 0 aliphatic rings. The van der Waals surface area contributed by atoms with E-state index < -0.39 is 0 Å². The smallest absolute Gasteiger partial charge is 0.126 e. The minimum Gasteiger partial charge on any atom is -0.384 e. The van der Waals surface area contributed by atoms with Gasteiger partial charge in [-0.05, 0) is 13.8 Å². The molecule has 2 rings (SSSR count). The van der Waals surface area contributed by atoms with Crippen molar-refractivity contribution in [1.29, 1.82) is 0 Å². The van der Waals surface area contributed by atoms with Crippen LogP contribution in [0.4, 0.5) is 5.82 Å². The van der Waals surface area contributed by atoms with E-state index in [2.05, 4.69) is 15.6 Å². The standard InChI is InChI=1S/C11H18ClN7/c1-6(2)19-10(8(12)5-16-19)9(17-14)7-4-15-18(3)11(7)13/h4-6,9,17H,13-14H2,1-3H3. The highest BCUT2D eigenvalue weighted by atomic mass is 35.5. The van der Waals surface area contributed by atoms with Gasteiger partial charge in [0.2, 0.25) is 0 Å². The zero-order chi connectivity index (χ0) is 14.2. The fraction of sp³-hybridized carbons (Fsp3) is 0.455. The summed E-state index contributed by atoms with van der Waals surface area (Å²) in [6.07, 6.45) is 3.28. The van der Waals surface area contributed by atoms with E-state index in [1.165, 1.54) is 0 Å². The molecule has 2 heterocycles. The third-order valence-corrected chi connectivity index (χ3v) is 3.33. The molecule has 0 spiro atoms. The van der Waals surface area contributed by atoms with Gasteiger partial charge in [0.25, 0.3) is 0 Å². The molecule has 0 saturated carbocycles. The van der Waals surface area contributed by atoms with Gasteiger partial charge in [0.1, 0.15) is 5.82 Å². The number of aryl methyl sites for hydroxylation is 1. The molecule has 104 valence electrons. The maximum absolute atomic E-state index is 6.22. The number of hydrogen-bond donors (Lipinski definition) is 3. The minimum absolute atomic E-state index is 0.163. The lowest BCUT2D eigenvalue weighted by atomic mass is 10.1. The molecule has 0 bridgehead atoms. The Kier molecular flexibility index (Phi) is 3.79. The molecule has 0 radical (unpaired) electrons. The van der Waals surface area contributed by atoms with Gasteiger partial charge in [-0.3, -0.25) is 15.2 Å². The van der Waals surface area contributed by atoms with E-state index in [0.29, 0.717) is 10.8 Å². The molecular weight excluding hydrogens is 266 g/mol. The van der Waals surface area contributed by atoms with Crippen LogP contribution in [0.25, 0.3) is 0 Å². The van der Waals surface area contributed by atoms with Crippen LogP contribution in [0.5, 0.6) is 0 Å². The molecule has 0 fully saturated rings. The molecule has 0 aliphatic heterocycles. The van der Waals surface area contributed by atoms with Crippen molar-refractivity contribution in [3.8, 4) is 0 Å². The van der Waals surface area contributed by atoms with Crippen LogP contribution in [0.3, 0.4) is 0 Å². The average Bonchev–Trinajstić information content (AvgIpc) is 2.89. The number of nitrogens with two attached hydrogens (primary N) is 2. The number of rotatable bonds is 4. The molecule has 0 aliphatic carbocycles. The number of nitrogens with zero attached hydrogens (tertiary/aromatic N) is 4. The van der Waals surface area contributed by atoms with Crippen molar-refractivity contribution in [2.45, 2.75) is 25.9 Å². The van der Waals surface area contributed by atoms with Crippen molar-refractivity contribution in [1.82, 2.24) is 25.0 Å². The minimum atomic E-state index is -0.355. The van der Waals surface area contributed by atoms with Crippen molar-refractivity contribution in [3.05, 3.63) is 28.7 Å². The highest BCUT2D eigenvalue weighted by Gasteiger charge is 2.25. The highest BCUT2D eigenvalue weighted by Crippen LogP contribution is 2.31. The Morgan fingerprint density at radius 1 is 1.32 bits per heavy atom. The molecule has 1 unspecified atom stereocenters. The SMILES string of the molecule is CC(C)n1ncc(Cl)c1C(NN)c1cnn(C)c1N. The van der Waals surface area contributed by atoms with Crippen LogP contribution < -0.4 is 17.0 Å². The zero-order valence-electron chi connectivity index (χ0n) is 11.1. The largest absolute Gasteiger partial charge is 0.384 e. The summed E-state index contributed by atoms with van der Waals surface area (Å²) in [5, 5.41) is 8.93. The first kappa shape index (κ1) is 13.9. The molecule has 2 aromatic rings. The predicted molar refractivity (Wildman–Crippen MR) is 74.4 cm³/mol. The molecule has 0 saturated heterocycles. The van der Waals surface area contributed by atoms with Crippen LogP contribution in [-0.2, 0) is 7.05 Å². The highest BCUT2D eigenvalue weighted by molar-refractivity contribution is 6.31. The lowest BCUT2D eigenvalue weighted by Crippen LogP contribution is -2.31. The summed E-state index contributed by atoms with van der Waals surface area (Å²) in [4.78, 5) is 0. The van der Waals surface area contributed by atoms with Gasteiger partial charge >= 0.3 is 0 Å². The lowest BCUT2D eigenvalue weighted by Gasteiger charge is -2.20. The summed E-state index contributed by atoms with van der Waals surface area (Å²) in [6.45, 7) is 4.04. The zero-order valence-corrected chi connectivity index (χ0v) is 11.9. The van der Waals surface area contributed by atoms with Crippen molar-refractivity contribution in [2.24, 2.45) is 12.9 Å². The Balaban J connectivity index is 2.54. The second kappa shape index (κ2) is 5.20. The van der Waals surface area contributed by atoms with E-state index in [1.54, 1.807) is 24.1 Å². The van der Waals surface area contributed by atoms with Gasteiger partial charge < -0.3 is 5.73 Å². The van der Waals surface area contributed by atoms with Crippen LogP contribution in [0.2, 0.25) is 5.02 Å². The van der Waals surface area contributed by atoms with Gasteiger partial charge in [0.05, 0.1) is 29.2 Å². The Labute approximate surface area is 116 Å². The molecule has 2 aromatic heterocycles. The van der Waals surface area contributed by atoms with Crippen molar-refractivity contribution in [2.75, 3.05) is 5.73 Å². The Hall–Kier alpha value is -1.57. The first-order valence-electron chi connectivity index (χ1n) is 5.93. The third-order valence-electron chi connectivity index (χ3n) is 3.04. The summed E-state index contributed by atoms with van der Waals surface area (Å²) in [5.74, 6) is 6.21. The number of nitrogens with one attached hydrogen (secondary N) is 1. The summed E-state index contributed by atoms with van der Waals surface area (Å²) in [5.41, 5.74) is 10.3. The van der Waals surface area contributed by atoms with Crippen LogP contribution in [0, 0.1) is 0 Å². The summed E-state index contributed by atoms with van der Waals surface area (Å²) < 4.78 is 3.41. The van der Waals surface area contributed by atoms with Crippen LogP contribution in [0.1, 0.15) is 37.2 Å². The Morgan fingerprint density at radius 3 is 2.47 bits per heavy atom. The van der Waals surface area contributed by atoms with Gasteiger partial charge in [0, 0.05) is 18.7 Å². The molecule has 19 heavy (non-hydrogen) atoms. The van der Waals surface area contributed by atoms with Crippen LogP contribution in [-0.4, -0.2) is 19.6 Å². The molecule has 0 amide bonds. The molecular formula is C11H18ClN7. The summed E-state index contributed by atoms with van der Waals surface area (Å²) in [6, 6.07) is -0.192. The van der Waals surface area contributed by atoms with E-state index >= 15 is 0 Å². The van der Waals surface area contributed by atoms with Gasteiger partial charge in [-0.1, -0.05) is 11.6 Å². The second-order valence-corrected chi connectivity index (χ2v) is 5.03. The monoisotopic (exact) mass is 283 g/mol. The number of aromatic nitrogens is 4. The van der Waals surface area contributed by atoms with Crippen LogP contribution >= 0.6 is 11.6 Å².